The maximum Gasteiger partial charge on any atom is 0.0204 e. The number of rotatable bonds is 7. The Morgan fingerprint density at radius 2 is 1.50 bits per heavy atom. The van der Waals surface area contributed by atoms with Gasteiger partial charge in [0, 0.05) is 22.7 Å². The zero-order chi connectivity index (χ0) is 14.2. The van der Waals surface area contributed by atoms with Crippen molar-refractivity contribution in [1.29, 1.82) is 0 Å². The smallest absolute Gasteiger partial charge is 0.0204 e. The average molecular weight is 285 g/mol. The van der Waals surface area contributed by atoms with E-state index in [1.54, 1.807) is 0 Å². The lowest BCUT2D eigenvalue weighted by Crippen LogP contribution is -2.38. The van der Waals surface area contributed by atoms with E-state index in [9.17, 15) is 0 Å². The summed E-state index contributed by atoms with van der Waals surface area (Å²) in [6, 6.07) is 22.4. The Morgan fingerprint density at radius 3 is 2.10 bits per heavy atom. The van der Waals surface area contributed by atoms with Crippen LogP contribution in [0.15, 0.2) is 65.6 Å². The molecule has 2 heteroatoms. The predicted molar refractivity (Wildman–Crippen MR) is 89.4 cm³/mol. The summed E-state index contributed by atoms with van der Waals surface area (Å²) in [4.78, 5) is 1.34. The van der Waals surface area contributed by atoms with Crippen LogP contribution >= 0.6 is 11.8 Å². The molecule has 2 rings (SSSR count). The highest BCUT2D eigenvalue weighted by atomic mass is 32.2. The van der Waals surface area contributed by atoms with Gasteiger partial charge in [-0.1, -0.05) is 62.4 Å². The molecule has 0 spiro atoms. The molecule has 1 atom stereocenters. The lowest BCUT2D eigenvalue weighted by molar-refractivity contribution is 0.493. The van der Waals surface area contributed by atoms with Crippen LogP contribution in [0.4, 0.5) is 0 Å². The van der Waals surface area contributed by atoms with Crippen LogP contribution in [0.5, 0.6) is 0 Å². The summed E-state index contributed by atoms with van der Waals surface area (Å²) in [5.41, 5.74) is 1.40. The molecule has 0 saturated carbocycles. The first kappa shape index (κ1) is 15.1. The Balaban J connectivity index is 1.93. The molecule has 2 aromatic rings. The van der Waals surface area contributed by atoms with E-state index in [0.717, 1.165) is 12.2 Å². The van der Waals surface area contributed by atoms with E-state index in [1.165, 1.54) is 10.5 Å². The maximum atomic E-state index is 3.68. The number of thioether (sulfide) groups is 1. The van der Waals surface area contributed by atoms with Gasteiger partial charge in [0.2, 0.25) is 0 Å². The summed E-state index contributed by atoms with van der Waals surface area (Å²) < 4.78 is 0. The van der Waals surface area contributed by atoms with Gasteiger partial charge in [-0.3, -0.25) is 0 Å². The summed E-state index contributed by atoms with van der Waals surface area (Å²) in [6.45, 7) is 4.43. The lowest BCUT2D eigenvalue weighted by atomic mass is 10.1. The SMILES string of the molecule is CC(C)N[C@H](CSc1ccccc1)Cc1ccccc1. The Hall–Kier alpha value is -1.25. The van der Waals surface area contributed by atoms with Crippen LogP contribution in [0.1, 0.15) is 19.4 Å². The first-order valence-electron chi connectivity index (χ1n) is 7.22. The van der Waals surface area contributed by atoms with Crippen molar-refractivity contribution in [2.75, 3.05) is 5.75 Å². The molecule has 0 aliphatic rings. The molecule has 0 heterocycles. The second-order valence-electron chi connectivity index (χ2n) is 5.33. The van der Waals surface area contributed by atoms with Crippen molar-refractivity contribution < 1.29 is 0 Å². The van der Waals surface area contributed by atoms with Crippen LogP contribution in [-0.2, 0) is 6.42 Å². The van der Waals surface area contributed by atoms with Crippen LogP contribution in [-0.4, -0.2) is 17.8 Å². The molecular formula is C18H23NS. The van der Waals surface area contributed by atoms with Crippen molar-refractivity contribution in [2.45, 2.75) is 37.2 Å². The van der Waals surface area contributed by atoms with E-state index in [-0.39, 0.29) is 0 Å². The minimum Gasteiger partial charge on any atom is -0.311 e. The largest absolute Gasteiger partial charge is 0.311 e. The minimum atomic E-state index is 0.502. The molecule has 0 saturated heterocycles. The standard InChI is InChI=1S/C18H23NS/c1-15(2)19-17(13-16-9-5-3-6-10-16)14-20-18-11-7-4-8-12-18/h3-12,15,17,19H,13-14H2,1-2H3/t17-/m0/s1. The van der Waals surface area contributed by atoms with E-state index in [1.807, 2.05) is 11.8 Å². The molecule has 2 aromatic carbocycles. The number of nitrogens with one attached hydrogen (secondary N) is 1. The number of hydrogen-bond acceptors (Lipinski definition) is 2. The Bertz CT molecular complexity index is 481. The highest BCUT2D eigenvalue weighted by molar-refractivity contribution is 7.99. The molecular weight excluding hydrogens is 262 g/mol. The highest BCUT2D eigenvalue weighted by Gasteiger charge is 2.11. The van der Waals surface area contributed by atoms with Crippen LogP contribution in [0.3, 0.4) is 0 Å². The zero-order valence-electron chi connectivity index (χ0n) is 12.3. The Morgan fingerprint density at radius 1 is 0.900 bits per heavy atom. The van der Waals surface area contributed by atoms with Gasteiger partial charge in [0.15, 0.2) is 0 Å². The Kier molecular flexibility index (Phi) is 6.16. The minimum absolute atomic E-state index is 0.502. The van der Waals surface area contributed by atoms with Gasteiger partial charge in [-0.15, -0.1) is 11.8 Å². The van der Waals surface area contributed by atoms with Crippen LogP contribution in [0.2, 0.25) is 0 Å². The Labute approximate surface area is 126 Å². The molecule has 1 N–H and O–H groups in total. The molecule has 0 fully saturated rings. The third-order valence-corrected chi connectivity index (χ3v) is 4.26. The van der Waals surface area contributed by atoms with Gasteiger partial charge in [0.1, 0.15) is 0 Å². The van der Waals surface area contributed by atoms with E-state index in [0.29, 0.717) is 12.1 Å². The van der Waals surface area contributed by atoms with Gasteiger partial charge in [-0.25, -0.2) is 0 Å². The van der Waals surface area contributed by atoms with Gasteiger partial charge >= 0.3 is 0 Å². The average Bonchev–Trinajstić information content (AvgIpc) is 2.46. The normalized spacial score (nSPS) is 12.6. The summed E-state index contributed by atoms with van der Waals surface area (Å²) in [5, 5.41) is 3.68. The quantitative estimate of drug-likeness (QED) is 0.757. The molecule has 0 amide bonds. The molecule has 0 aliphatic carbocycles. The maximum absolute atomic E-state index is 3.68. The summed E-state index contributed by atoms with van der Waals surface area (Å²) in [6.07, 6.45) is 1.08. The summed E-state index contributed by atoms with van der Waals surface area (Å²) >= 11 is 1.93. The van der Waals surface area contributed by atoms with E-state index in [4.69, 9.17) is 0 Å². The molecule has 0 bridgehead atoms. The molecule has 20 heavy (non-hydrogen) atoms. The fraction of sp³-hybridized carbons (Fsp3) is 0.333. The summed E-state index contributed by atoms with van der Waals surface area (Å²) in [5.74, 6) is 1.09. The van der Waals surface area contributed by atoms with Crippen molar-refractivity contribution in [2.24, 2.45) is 0 Å². The fourth-order valence-electron chi connectivity index (χ4n) is 2.25. The predicted octanol–water partition coefficient (Wildman–Crippen LogP) is 4.39. The lowest BCUT2D eigenvalue weighted by Gasteiger charge is -2.21. The fourth-order valence-corrected chi connectivity index (χ4v) is 3.21. The number of hydrogen-bond donors (Lipinski definition) is 1. The van der Waals surface area contributed by atoms with Crippen molar-refractivity contribution in [3.8, 4) is 0 Å². The van der Waals surface area contributed by atoms with Gasteiger partial charge in [-0.2, -0.15) is 0 Å². The monoisotopic (exact) mass is 285 g/mol. The molecule has 0 aromatic heterocycles. The van der Waals surface area contributed by atoms with Gasteiger partial charge in [0.25, 0.3) is 0 Å². The van der Waals surface area contributed by atoms with Crippen molar-refractivity contribution in [3.63, 3.8) is 0 Å². The van der Waals surface area contributed by atoms with E-state index >= 15 is 0 Å². The van der Waals surface area contributed by atoms with Crippen molar-refractivity contribution in [3.05, 3.63) is 66.2 Å². The van der Waals surface area contributed by atoms with Crippen LogP contribution < -0.4 is 5.32 Å². The van der Waals surface area contributed by atoms with Crippen molar-refractivity contribution >= 4 is 11.8 Å². The first-order chi connectivity index (χ1) is 9.74. The highest BCUT2D eigenvalue weighted by Crippen LogP contribution is 2.19. The van der Waals surface area contributed by atoms with Crippen LogP contribution in [0, 0.1) is 0 Å². The molecule has 106 valence electrons. The molecule has 0 aliphatic heterocycles. The third kappa shape index (κ3) is 5.40. The van der Waals surface area contributed by atoms with E-state index < -0.39 is 0 Å². The summed E-state index contributed by atoms with van der Waals surface area (Å²) in [7, 11) is 0. The molecule has 0 radical (unpaired) electrons. The van der Waals surface area contributed by atoms with E-state index in [2.05, 4.69) is 79.8 Å². The third-order valence-electron chi connectivity index (χ3n) is 3.09. The van der Waals surface area contributed by atoms with Gasteiger partial charge < -0.3 is 5.32 Å². The van der Waals surface area contributed by atoms with Crippen molar-refractivity contribution in [1.82, 2.24) is 5.32 Å². The second kappa shape index (κ2) is 8.13. The van der Waals surface area contributed by atoms with Gasteiger partial charge in [-0.05, 0) is 24.1 Å². The van der Waals surface area contributed by atoms with Crippen LogP contribution in [0.25, 0.3) is 0 Å². The molecule has 0 unspecified atom stereocenters. The molecule has 1 nitrogen and oxygen atoms in total. The zero-order valence-corrected chi connectivity index (χ0v) is 13.1. The topological polar surface area (TPSA) is 12.0 Å². The number of benzene rings is 2. The first-order valence-corrected chi connectivity index (χ1v) is 8.20. The van der Waals surface area contributed by atoms with Gasteiger partial charge in [0.05, 0.1) is 0 Å². The second-order valence-corrected chi connectivity index (χ2v) is 6.43.